The summed E-state index contributed by atoms with van der Waals surface area (Å²) >= 11 is 0. The molecule has 0 atom stereocenters. The smallest absolute Gasteiger partial charge is 0.305 e. The van der Waals surface area contributed by atoms with Gasteiger partial charge >= 0.3 is 5.97 Å². The minimum Gasteiger partial charge on any atom is -0.478 e. The Balaban J connectivity index is 2.51. The highest BCUT2D eigenvalue weighted by Crippen LogP contribution is 2.13. The number of rotatable bonds is 8. The number of methoxy groups -OCH3 is 1. The zero-order chi connectivity index (χ0) is 15.0. The maximum Gasteiger partial charge on any atom is 0.305 e. The molecule has 0 spiro atoms. The van der Waals surface area contributed by atoms with Crippen LogP contribution in [0.15, 0.2) is 18.3 Å². The van der Waals surface area contributed by atoms with Gasteiger partial charge in [-0.2, -0.15) is 0 Å². The van der Waals surface area contributed by atoms with Crippen LogP contribution < -0.4 is 9.46 Å². The standard InChI is InChI=1S/C12H18N2O5S/c1-3-19-11-7-6-10(9-13-11)14-20(16,17)8-4-5-12(15)18-2/h6-7,9,14H,3-5,8H2,1-2H3. The number of hydrogen-bond acceptors (Lipinski definition) is 6. The molecule has 0 aliphatic heterocycles. The van der Waals surface area contributed by atoms with E-state index in [1.165, 1.54) is 13.3 Å². The van der Waals surface area contributed by atoms with Crippen molar-refractivity contribution in [3.63, 3.8) is 0 Å². The molecule has 0 saturated carbocycles. The number of anilines is 1. The Bertz CT molecular complexity index is 527. The first-order chi connectivity index (χ1) is 9.46. The van der Waals surface area contributed by atoms with E-state index in [-0.39, 0.29) is 18.6 Å². The summed E-state index contributed by atoms with van der Waals surface area (Å²) in [5.74, 6) is -0.154. The second kappa shape index (κ2) is 7.68. The summed E-state index contributed by atoms with van der Waals surface area (Å²) in [4.78, 5) is 14.8. The van der Waals surface area contributed by atoms with Gasteiger partial charge in [0.1, 0.15) is 0 Å². The van der Waals surface area contributed by atoms with Crippen LogP contribution in [0.3, 0.4) is 0 Å². The van der Waals surface area contributed by atoms with Crippen LogP contribution in [0, 0.1) is 0 Å². The summed E-state index contributed by atoms with van der Waals surface area (Å²) in [6.45, 7) is 2.32. The monoisotopic (exact) mass is 302 g/mol. The minimum atomic E-state index is -3.50. The van der Waals surface area contributed by atoms with Gasteiger partial charge in [0.15, 0.2) is 0 Å². The first-order valence-corrected chi connectivity index (χ1v) is 7.78. The van der Waals surface area contributed by atoms with Crippen molar-refractivity contribution in [1.29, 1.82) is 0 Å². The number of nitrogens with zero attached hydrogens (tertiary/aromatic N) is 1. The Kier molecular flexibility index (Phi) is 6.23. The third-order valence-electron chi connectivity index (χ3n) is 2.32. The third kappa shape index (κ3) is 5.87. The Hall–Kier alpha value is -1.83. The molecular weight excluding hydrogens is 284 g/mol. The molecule has 0 aliphatic carbocycles. The lowest BCUT2D eigenvalue weighted by atomic mass is 10.3. The predicted molar refractivity (Wildman–Crippen MR) is 74.1 cm³/mol. The molecule has 7 nitrogen and oxygen atoms in total. The Morgan fingerprint density at radius 1 is 1.40 bits per heavy atom. The van der Waals surface area contributed by atoms with E-state index in [9.17, 15) is 13.2 Å². The molecular formula is C12H18N2O5S. The highest BCUT2D eigenvalue weighted by Gasteiger charge is 2.12. The molecule has 20 heavy (non-hydrogen) atoms. The second-order valence-electron chi connectivity index (χ2n) is 3.92. The fourth-order valence-electron chi connectivity index (χ4n) is 1.41. The Morgan fingerprint density at radius 3 is 2.70 bits per heavy atom. The maximum atomic E-state index is 11.8. The van der Waals surface area contributed by atoms with Gasteiger partial charge < -0.3 is 9.47 Å². The van der Waals surface area contributed by atoms with Crippen LogP contribution in [0.2, 0.25) is 0 Å². The van der Waals surface area contributed by atoms with Gasteiger partial charge in [0.2, 0.25) is 15.9 Å². The van der Waals surface area contributed by atoms with Crippen LogP contribution in [0.1, 0.15) is 19.8 Å². The fraction of sp³-hybridized carbons (Fsp3) is 0.500. The average molecular weight is 302 g/mol. The van der Waals surface area contributed by atoms with E-state index in [0.29, 0.717) is 18.2 Å². The average Bonchev–Trinajstić information content (AvgIpc) is 2.40. The molecule has 0 aliphatic rings. The SMILES string of the molecule is CCOc1ccc(NS(=O)(=O)CCCC(=O)OC)cn1. The molecule has 0 amide bonds. The maximum absolute atomic E-state index is 11.8. The molecule has 0 unspecified atom stereocenters. The van der Waals surface area contributed by atoms with Crippen LogP contribution in [0.5, 0.6) is 5.88 Å². The number of hydrogen-bond donors (Lipinski definition) is 1. The number of esters is 1. The quantitative estimate of drug-likeness (QED) is 0.724. The number of carbonyl (C=O) groups is 1. The van der Waals surface area contributed by atoms with Crippen molar-refractivity contribution >= 4 is 21.7 Å². The van der Waals surface area contributed by atoms with Gasteiger partial charge in [-0.1, -0.05) is 0 Å². The summed E-state index contributed by atoms with van der Waals surface area (Å²) in [7, 11) is -2.24. The minimum absolute atomic E-state index is 0.0684. The second-order valence-corrected chi connectivity index (χ2v) is 5.76. The van der Waals surface area contributed by atoms with Gasteiger partial charge in [-0.25, -0.2) is 13.4 Å². The Labute approximate surface area is 118 Å². The van der Waals surface area contributed by atoms with Crippen LogP contribution in [0.25, 0.3) is 0 Å². The van der Waals surface area contributed by atoms with E-state index >= 15 is 0 Å². The van der Waals surface area contributed by atoms with Gasteiger partial charge in [-0.3, -0.25) is 9.52 Å². The number of pyridine rings is 1. The topological polar surface area (TPSA) is 94.6 Å². The molecule has 0 fully saturated rings. The zero-order valence-corrected chi connectivity index (χ0v) is 12.3. The zero-order valence-electron chi connectivity index (χ0n) is 11.5. The molecule has 0 bridgehead atoms. The van der Waals surface area contributed by atoms with Crippen LogP contribution >= 0.6 is 0 Å². The molecule has 112 valence electrons. The van der Waals surface area contributed by atoms with Gasteiger partial charge in [-0.15, -0.1) is 0 Å². The van der Waals surface area contributed by atoms with Gasteiger partial charge in [0.05, 0.1) is 31.4 Å². The molecule has 0 aromatic carbocycles. The van der Waals surface area contributed by atoms with Crippen molar-refractivity contribution in [3.05, 3.63) is 18.3 Å². The fourth-order valence-corrected chi connectivity index (χ4v) is 2.52. The summed E-state index contributed by atoms with van der Waals surface area (Å²) < 4.78 is 35.5. The van der Waals surface area contributed by atoms with E-state index in [0.717, 1.165) is 0 Å². The first kappa shape index (κ1) is 16.2. The first-order valence-electron chi connectivity index (χ1n) is 6.13. The van der Waals surface area contributed by atoms with Crippen LogP contribution in [-0.2, 0) is 19.6 Å². The van der Waals surface area contributed by atoms with Crippen LogP contribution in [-0.4, -0.2) is 38.8 Å². The van der Waals surface area contributed by atoms with Crippen molar-refractivity contribution in [2.24, 2.45) is 0 Å². The number of ether oxygens (including phenoxy) is 2. The van der Waals surface area contributed by atoms with Gasteiger partial charge in [0.25, 0.3) is 0 Å². The molecule has 8 heteroatoms. The normalized spacial score (nSPS) is 10.9. The molecule has 1 heterocycles. The summed E-state index contributed by atoms with van der Waals surface area (Å²) in [6, 6.07) is 3.14. The van der Waals surface area contributed by atoms with Crippen molar-refractivity contribution in [1.82, 2.24) is 4.98 Å². The molecule has 0 radical (unpaired) electrons. The largest absolute Gasteiger partial charge is 0.478 e. The van der Waals surface area contributed by atoms with Crippen molar-refractivity contribution < 1.29 is 22.7 Å². The number of aromatic nitrogens is 1. The highest BCUT2D eigenvalue weighted by atomic mass is 32.2. The predicted octanol–water partition coefficient (Wildman–Crippen LogP) is 1.18. The molecule has 0 saturated heterocycles. The third-order valence-corrected chi connectivity index (χ3v) is 3.70. The molecule has 1 rings (SSSR count). The van der Waals surface area contributed by atoms with E-state index in [1.807, 2.05) is 6.92 Å². The lowest BCUT2D eigenvalue weighted by Crippen LogP contribution is -2.17. The Morgan fingerprint density at radius 2 is 2.15 bits per heavy atom. The van der Waals surface area contributed by atoms with Crippen molar-refractivity contribution in [3.8, 4) is 5.88 Å². The van der Waals surface area contributed by atoms with Crippen molar-refractivity contribution in [2.75, 3.05) is 24.2 Å². The lowest BCUT2D eigenvalue weighted by Gasteiger charge is -2.08. The lowest BCUT2D eigenvalue weighted by molar-refractivity contribution is -0.140. The van der Waals surface area contributed by atoms with Crippen molar-refractivity contribution in [2.45, 2.75) is 19.8 Å². The van der Waals surface area contributed by atoms with Gasteiger partial charge in [-0.05, 0) is 19.4 Å². The molecule has 1 N–H and O–H groups in total. The van der Waals surface area contributed by atoms with E-state index in [1.54, 1.807) is 12.1 Å². The number of carbonyl (C=O) groups excluding carboxylic acids is 1. The highest BCUT2D eigenvalue weighted by molar-refractivity contribution is 7.92. The summed E-state index contributed by atoms with van der Waals surface area (Å²) in [5, 5.41) is 0. The van der Waals surface area contributed by atoms with E-state index in [4.69, 9.17) is 4.74 Å². The summed E-state index contributed by atoms with van der Waals surface area (Å²) in [5.41, 5.74) is 0.353. The molecule has 1 aromatic rings. The number of nitrogens with one attached hydrogen (secondary N) is 1. The number of sulfonamides is 1. The summed E-state index contributed by atoms with van der Waals surface area (Å²) in [6.07, 6.45) is 1.65. The van der Waals surface area contributed by atoms with E-state index in [2.05, 4.69) is 14.4 Å². The van der Waals surface area contributed by atoms with Crippen LogP contribution in [0.4, 0.5) is 5.69 Å². The van der Waals surface area contributed by atoms with E-state index < -0.39 is 16.0 Å². The molecule has 1 aromatic heterocycles. The van der Waals surface area contributed by atoms with Gasteiger partial charge in [0, 0.05) is 12.5 Å².